The van der Waals surface area contributed by atoms with E-state index < -0.39 is 11.9 Å². The quantitative estimate of drug-likeness (QED) is 0.249. The molecule has 0 aromatic heterocycles. The Bertz CT molecular complexity index is 1430. The number of rotatable bonds is 6. The molecule has 1 N–H and O–H groups in total. The maximum absolute atomic E-state index is 13.4. The van der Waals surface area contributed by atoms with E-state index in [0.717, 1.165) is 44.9 Å². The number of benzene rings is 1. The lowest BCUT2D eigenvalue weighted by Gasteiger charge is -2.73. The summed E-state index contributed by atoms with van der Waals surface area (Å²) in [5.74, 6) is 0.625. The molecule has 5 fully saturated rings. The zero-order chi connectivity index (χ0) is 33.4. The molecule has 0 heterocycles. The number of fused-ring (bicyclic) bond motifs is 7. The third kappa shape index (κ3) is 4.73. The van der Waals surface area contributed by atoms with Gasteiger partial charge in [-0.05, 0) is 129 Å². The summed E-state index contributed by atoms with van der Waals surface area (Å²) in [6.45, 7) is 21.1. The van der Waals surface area contributed by atoms with Crippen molar-refractivity contribution in [3.05, 3.63) is 47.5 Å². The molecule has 1 aromatic carbocycles. The van der Waals surface area contributed by atoms with Gasteiger partial charge in [0.2, 0.25) is 0 Å². The first-order valence-electron chi connectivity index (χ1n) is 17.8. The first-order chi connectivity index (χ1) is 21.5. The fraction of sp³-hybridized carbons (Fsp3) is 0.725. The third-order valence-electron chi connectivity index (χ3n) is 15.4. The summed E-state index contributed by atoms with van der Waals surface area (Å²) in [5, 5.41) is 9.68. The first-order valence-corrected chi connectivity index (χ1v) is 17.8. The van der Waals surface area contributed by atoms with Gasteiger partial charge in [-0.15, -0.1) is 0 Å². The molecule has 0 amide bonds. The number of hydrogen-bond acceptors (Lipinski definition) is 5. The Kier molecular flexibility index (Phi) is 8.12. The van der Waals surface area contributed by atoms with Crippen molar-refractivity contribution in [2.24, 2.45) is 56.7 Å². The van der Waals surface area contributed by atoms with Crippen LogP contribution in [0.1, 0.15) is 133 Å². The van der Waals surface area contributed by atoms with E-state index in [-0.39, 0.29) is 50.3 Å². The van der Waals surface area contributed by atoms with Crippen molar-refractivity contribution in [1.29, 1.82) is 0 Å². The van der Waals surface area contributed by atoms with Gasteiger partial charge in [0.1, 0.15) is 6.10 Å². The van der Waals surface area contributed by atoms with Gasteiger partial charge in [0.05, 0.1) is 17.7 Å². The van der Waals surface area contributed by atoms with Crippen molar-refractivity contribution in [1.82, 2.24) is 0 Å². The fourth-order valence-corrected chi connectivity index (χ4v) is 13.1. The van der Waals surface area contributed by atoms with Gasteiger partial charge in [-0.25, -0.2) is 9.59 Å². The summed E-state index contributed by atoms with van der Waals surface area (Å²) in [4.78, 5) is 37.2. The van der Waals surface area contributed by atoms with Crippen LogP contribution >= 0.6 is 0 Å². The van der Waals surface area contributed by atoms with Gasteiger partial charge >= 0.3 is 17.9 Å². The van der Waals surface area contributed by atoms with Crippen LogP contribution in [0.2, 0.25) is 0 Å². The Morgan fingerprint density at radius 3 is 2.17 bits per heavy atom. The van der Waals surface area contributed by atoms with Gasteiger partial charge in [0, 0.05) is 17.8 Å². The summed E-state index contributed by atoms with van der Waals surface area (Å²) < 4.78 is 12.0. The van der Waals surface area contributed by atoms with Crippen LogP contribution in [0.15, 0.2) is 36.4 Å². The van der Waals surface area contributed by atoms with E-state index in [1.165, 1.54) is 30.9 Å². The van der Waals surface area contributed by atoms with E-state index in [4.69, 9.17) is 9.47 Å². The molecule has 0 spiro atoms. The topological polar surface area (TPSA) is 89.9 Å². The van der Waals surface area contributed by atoms with Crippen LogP contribution in [-0.4, -0.2) is 35.7 Å². The highest BCUT2D eigenvalue weighted by Gasteiger charge is 2.71. The van der Waals surface area contributed by atoms with Crippen LogP contribution in [0.3, 0.4) is 0 Å². The Labute approximate surface area is 276 Å². The molecule has 252 valence electrons. The van der Waals surface area contributed by atoms with Gasteiger partial charge in [-0.3, -0.25) is 4.79 Å². The van der Waals surface area contributed by atoms with Crippen LogP contribution in [0.4, 0.5) is 0 Å². The number of carboxylic acid groups (broad SMARTS) is 1. The number of ether oxygens (including phenoxy) is 2. The van der Waals surface area contributed by atoms with Gasteiger partial charge < -0.3 is 14.6 Å². The molecule has 46 heavy (non-hydrogen) atoms. The standard InChI is InChI=1S/C40H56O6/c1-24(2)26-15-20-40(23-45-35(44)28-12-10-9-11-27(28)34(42)43)22-21-38(7)29(33(26)40)13-14-31-37(6)18-17-32(46-25(3)41)36(4,5)30(37)16-19-39(31,38)8/h9-12,26,29-33H,1,13-23H2,2-8H3,(H,42,43)/t26-,29+,30+,31+,32-,33-,37-,38+,39+,40+/m0/s1. The van der Waals surface area contributed by atoms with Crippen molar-refractivity contribution >= 4 is 17.9 Å². The van der Waals surface area contributed by atoms with Crippen molar-refractivity contribution in [2.45, 2.75) is 119 Å². The predicted molar refractivity (Wildman–Crippen MR) is 178 cm³/mol. The number of hydrogen-bond donors (Lipinski definition) is 1. The van der Waals surface area contributed by atoms with Crippen LogP contribution in [-0.2, 0) is 14.3 Å². The number of esters is 2. The van der Waals surface area contributed by atoms with E-state index in [0.29, 0.717) is 36.2 Å². The highest BCUT2D eigenvalue weighted by Crippen LogP contribution is 2.77. The second kappa shape index (κ2) is 11.2. The lowest BCUT2D eigenvalue weighted by atomic mass is 9.32. The molecule has 5 aliphatic carbocycles. The summed E-state index contributed by atoms with van der Waals surface area (Å²) >= 11 is 0. The normalized spacial score (nSPS) is 42.4. The average molecular weight is 633 g/mol. The molecular weight excluding hydrogens is 576 g/mol. The molecule has 6 nitrogen and oxygen atoms in total. The fourth-order valence-electron chi connectivity index (χ4n) is 13.1. The summed E-state index contributed by atoms with van der Waals surface area (Å²) in [5.41, 5.74) is 1.74. The van der Waals surface area contributed by atoms with E-state index in [2.05, 4.69) is 48.1 Å². The summed E-state index contributed by atoms with van der Waals surface area (Å²) in [6.07, 6.45) is 11.0. The monoisotopic (exact) mass is 632 g/mol. The molecule has 5 aliphatic rings. The molecule has 5 saturated carbocycles. The molecule has 1 aromatic rings. The highest BCUT2D eigenvalue weighted by atomic mass is 16.5. The number of carboxylic acids is 1. The largest absolute Gasteiger partial charge is 0.478 e. The van der Waals surface area contributed by atoms with Gasteiger partial charge in [0.15, 0.2) is 0 Å². The van der Waals surface area contributed by atoms with Crippen LogP contribution in [0.25, 0.3) is 0 Å². The molecule has 0 radical (unpaired) electrons. The molecule has 6 heteroatoms. The zero-order valence-corrected chi connectivity index (χ0v) is 29.2. The second-order valence-corrected chi connectivity index (χ2v) is 17.4. The number of carbonyl (C=O) groups is 3. The Morgan fingerprint density at radius 2 is 1.52 bits per heavy atom. The molecular formula is C40H56O6. The molecule has 10 atom stereocenters. The Hall–Kier alpha value is -2.63. The van der Waals surface area contributed by atoms with Crippen LogP contribution < -0.4 is 0 Å². The van der Waals surface area contributed by atoms with Crippen LogP contribution in [0, 0.1) is 56.7 Å². The number of carbonyl (C=O) groups excluding carboxylic acids is 2. The molecule has 6 rings (SSSR count). The lowest BCUT2D eigenvalue weighted by Crippen LogP contribution is -2.67. The SMILES string of the molecule is C=C(C)[C@@H]1CC[C@]2(COC(=O)c3ccccc3C(=O)O)CC[C@]3(C)[C@H](CC[C@@H]4[C@@]5(C)CC[C@H](OC(C)=O)C(C)(C)[C@H]5CC[C@]43C)[C@H]12. The smallest absolute Gasteiger partial charge is 0.339 e. The highest BCUT2D eigenvalue weighted by molar-refractivity contribution is 6.02. The predicted octanol–water partition coefficient (Wildman–Crippen LogP) is 9.13. The Balaban J connectivity index is 1.30. The van der Waals surface area contributed by atoms with Crippen molar-refractivity contribution < 1.29 is 29.0 Å². The van der Waals surface area contributed by atoms with Gasteiger partial charge in [-0.2, -0.15) is 0 Å². The molecule has 0 unspecified atom stereocenters. The zero-order valence-electron chi connectivity index (χ0n) is 29.2. The van der Waals surface area contributed by atoms with Crippen molar-refractivity contribution in [2.75, 3.05) is 6.61 Å². The lowest BCUT2D eigenvalue weighted by molar-refractivity contribution is -0.251. The van der Waals surface area contributed by atoms with Gasteiger partial charge in [-0.1, -0.05) is 58.9 Å². The van der Waals surface area contributed by atoms with Gasteiger partial charge in [0.25, 0.3) is 0 Å². The summed E-state index contributed by atoms with van der Waals surface area (Å²) in [6, 6.07) is 6.37. The molecule has 0 aliphatic heterocycles. The minimum absolute atomic E-state index is 0.00980. The summed E-state index contributed by atoms with van der Waals surface area (Å²) in [7, 11) is 0. The Morgan fingerprint density at radius 1 is 0.826 bits per heavy atom. The third-order valence-corrected chi connectivity index (χ3v) is 15.4. The van der Waals surface area contributed by atoms with Crippen molar-refractivity contribution in [3.8, 4) is 0 Å². The van der Waals surface area contributed by atoms with E-state index in [1.807, 2.05) is 0 Å². The van der Waals surface area contributed by atoms with E-state index in [1.54, 1.807) is 25.1 Å². The maximum Gasteiger partial charge on any atom is 0.339 e. The average Bonchev–Trinajstić information content (AvgIpc) is 3.38. The maximum atomic E-state index is 13.4. The second-order valence-electron chi connectivity index (χ2n) is 17.4. The number of aromatic carboxylic acids is 1. The molecule has 0 saturated heterocycles. The minimum atomic E-state index is -1.11. The number of allylic oxidation sites excluding steroid dienone is 1. The minimum Gasteiger partial charge on any atom is -0.478 e. The van der Waals surface area contributed by atoms with Crippen LogP contribution in [0.5, 0.6) is 0 Å². The van der Waals surface area contributed by atoms with Crippen molar-refractivity contribution in [3.63, 3.8) is 0 Å². The molecule has 0 bridgehead atoms. The van der Waals surface area contributed by atoms with E-state index >= 15 is 0 Å². The van der Waals surface area contributed by atoms with E-state index in [9.17, 15) is 19.5 Å². The first kappa shape index (κ1) is 33.3.